The molecule has 816 valence electrons. The average molecular weight is 2040 g/mol. The minimum Gasteiger partial charge on any atom is -0.459 e. The molecule has 13 aliphatic carbocycles. The summed E-state index contributed by atoms with van der Waals surface area (Å²) >= 11 is 0. The number of hydrogen-bond acceptors (Lipinski definition) is 18. The van der Waals surface area contributed by atoms with Gasteiger partial charge in [0.05, 0.1) is 35.0 Å². The Balaban J connectivity index is 0.000000158. The molecular formula is C130H189FN8O10. The third-order valence-electron chi connectivity index (χ3n) is 42.6. The molecule has 149 heavy (non-hydrogen) atoms. The maximum absolute atomic E-state index is 13.2. The summed E-state index contributed by atoms with van der Waals surface area (Å²) in [6.07, 6.45) is 51.2. The molecule has 0 heterocycles. The lowest BCUT2D eigenvalue weighted by atomic mass is 9.38. The summed E-state index contributed by atoms with van der Waals surface area (Å²) in [5, 5.41) is 0. The largest absolute Gasteiger partial charge is 0.459 e. The van der Waals surface area contributed by atoms with E-state index in [1.165, 1.54) is 144 Å². The number of ether oxygens (including phenoxy) is 5. The van der Waals surface area contributed by atoms with E-state index < -0.39 is 5.97 Å². The van der Waals surface area contributed by atoms with Crippen LogP contribution in [0.4, 0.5) is 49.9 Å². The Morgan fingerprint density at radius 3 is 1.32 bits per heavy atom. The highest BCUT2D eigenvalue weighted by Crippen LogP contribution is 2.78. The van der Waals surface area contributed by atoms with Crippen molar-refractivity contribution in [2.45, 2.75) is 375 Å². The van der Waals surface area contributed by atoms with E-state index in [1.807, 2.05) is 6.07 Å². The van der Waals surface area contributed by atoms with Crippen molar-refractivity contribution in [3.63, 3.8) is 0 Å². The maximum Gasteiger partial charge on any atom is 0.338 e. The molecule has 0 aromatic heterocycles. The Morgan fingerprint density at radius 1 is 0.416 bits per heavy atom. The van der Waals surface area contributed by atoms with E-state index in [2.05, 4.69) is 195 Å². The molecule has 13 aliphatic rings. The Bertz CT molecular complexity index is 5720. The van der Waals surface area contributed by atoms with Gasteiger partial charge in [-0.2, -0.15) is 0 Å². The van der Waals surface area contributed by atoms with E-state index in [-0.39, 0.29) is 76.1 Å². The van der Waals surface area contributed by atoms with Crippen LogP contribution in [0.2, 0.25) is 0 Å². The Hall–Kier alpha value is -9.78. The van der Waals surface area contributed by atoms with Gasteiger partial charge in [-0.05, 0) is 431 Å². The standard InChI is InChI=1S/C37H58N2O2.C37H56N2O2.C35H50N2O2.C20H22N2O4.CH3F/c2*1-23(2)10-9-11-24(3)28-14-18-37(8)30-12-13-31-34(4,5)32(41-33(40)25-20-26(38)22-27(39)21-25)16-17-35(31,6)29(30)15-19-36(28,37)7;1-21(2)8-7-9-22(3)30-13-15-35(6)31-11-10-24-19-28(39-33(38)25-17-26(36)20-27(37)18-25)16-23(4)32(24)29(31)12-14-34(30,35)5;21-15-10-14(11-16(22)12-15)20(24)26-18-8-6-17(7-9-18)25-19(23)13-4-2-1-3-5-13;1-2/h10,20-22,24,28-32H,9,11-19,38-39H2,1-8H3;10,13,20-22,24,28-30,32H,9,11-12,14-19,38-39H2,1-8H3;7,9-11,17-18,20-23,28-30,32H,8,12-16,19,36-37H2,1-6H3;1-5,10-12,17-18H,6-9,21-22H2;1H3/b;;9-7+;;. The summed E-state index contributed by atoms with van der Waals surface area (Å²) in [5.74, 6) is 8.85. The number of carbonyl (C=O) groups excluding carboxylic acids is 5. The first-order valence-electron chi connectivity index (χ1n) is 57.4. The lowest BCUT2D eigenvalue weighted by Crippen LogP contribution is -2.62. The van der Waals surface area contributed by atoms with Gasteiger partial charge in [0.25, 0.3) is 0 Å². The maximum atomic E-state index is 13.2. The molecule has 5 aromatic carbocycles. The van der Waals surface area contributed by atoms with E-state index in [4.69, 9.17) is 69.6 Å². The summed E-state index contributed by atoms with van der Waals surface area (Å²) in [6.45, 7) is 53.9. The molecule has 0 radical (unpaired) electrons. The fourth-order valence-corrected chi connectivity index (χ4v) is 34.5. The summed E-state index contributed by atoms with van der Waals surface area (Å²) in [4.78, 5) is 63.7. The predicted molar refractivity (Wildman–Crippen MR) is 610 cm³/mol. The third-order valence-corrected chi connectivity index (χ3v) is 42.6. The van der Waals surface area contributed by atoms with Crippen molar-refractivity contribution in [3.8, 4) is 0 Å². The van der Waals surface area contributed by atoms with Gasteiger partial charge in [0.15, 0.2) is 0 Å². The van der Waals surface area contributed by atoms with Gasteiger partial charge < -0.3 is 69.6 Å². The van der Waals surface area contributed by atoms with Crippen LogP contribution in [0.1, 0.15) is 397 Å². The molecule has 0 bridgehead atoms. The lowest BCUT2D eigenvalue weighted by molar-refractivity contribution is -0.200. The normalized spacial score (nSPS) is 34.5. The second kappa shape index (κ2) is 45.9. The number of anilines is 8. The predicted octanol–water partition coefficient (Wildman–Crippen LogP) is 30.9. The molecule has 25 atom stereocenters. The second-order valence-electron chi connectivity index (χ2n) is 52.9. The molecule has 19 heteroatoms. The highest BCUT2D eigenvalue weighted by molar-refractivity contribution is 5.94. The molecule has 0 aliphatic heterocycles. The van der Waals surface area contributed by atoms with Gasteiger partial charge in [-0.1, -0.05) is 213 Å². The topological polar surface area (TPSA) is 340 Å². The molecular weight excluding hydrogens is 1850 g/mol. The summed E-state index contributed by atoms with van der Waals surface area (Å²) in [7, 11) is 0.500. The summed E-state index contributed by atoms with van der Waals surface area (Å²) in [5.41, 5.74) is 63.2. The first-order chi connectivity index (χ1) is 70.2. The van der Waals surface area contributed by atoms with Gasteiger partial charge in [-0.15, -0.1) is 0 Å². The monoisotopic (exact) mass is 2040 g/mol. The van der Waals surface area contributed by atoms with Crippen LogP contribution in [0.15, 0.2) is 174 Å². The fourth-order valence-electron chi connectivity index (χ4n) is 34.5. The van der Waals surface area contributed by atoms with Crippen LogP contribution >= 0.6 is 0 Å². The Labute approximate surface area is 894 Å². The van der Waals surface area contributed by atoms with Gasteiger partial charge in [-0.25, -0.2) is 24.0 Å². The van der Waals surface area contributed by atoms with Crippen molar-refractivity contribution < 1.29 is 52.0 Å². The van der Waals surface area contributed by atoms with Crippen LogP contribution in [-0.4, -0.2) is 67.5 Å². The van der Waals surface area contributed by atoms with Crippen LogP contribution in [0, 0.1) is 143 Å². The number of hydrogen-bond donors (Lipinski definition) is 8. The van der Waals surface area contributed by atoms with Crippen LogP contribution < -0.4 is 45.9 Å². The third kappa shape index (κ3) is 23.2. The SMILES string of the molecule is CC(C)=CCCC(C)C1CCC2(C)C3CC=C4C(C)(C)C(OC(=O)c5cc(N)cc(N)c5)CCC4(C)C3CCC12C.CC(C)=CCCC(C)C1CCC2(C)C3CCC4C(C)(C)C(OC(=O)c5cc(N)cc(N)c5)CCC4(C)C3CCC12C.CC(C)C/C=C/C(C)C1CCC2(C)C3=CC=C4CC(OC(=O)c5cc(N)cc(N)c5)CC(C)C4C3CCC12C.CF.Nc1cc(N)cc(C(=O)OC2CCC(OC(=O)c3ccccc3)CC2)c1. The highest BCUT2D eigenvalue weighted by Gasteiger charge is 2.70. The molecule has 16 N–H and O–H groups in total. The van der Waals surface area contributed by atoms with Crippen LogP contribution in [0.3, 0.4) is 0 Å². The van der Waals surface area contributed by atoms with Crippen molar-refractivity contribution in [3.05, 3.63) is 201 Å². The molecule has 5 aromatic rings. The number of esters is 5. The van der Waals surface area contributed by atoms with Crippen molar-refractivity contribution >= 4 is 75.3 Å². The number of nitrogens with two attached hydrogens (primary N) is 8. The number of nitrogen functional groups attached to an aromatic ring is 8. The second-order valence-corrected chi connectivity index (χ2v) is 52.9. The van der Waals surface area contributed by atoms with E-state index in [0.717, 1.165) is 98.2 Å². The summed E-state index contributed by atoms with van der Waals surface area (Å²) in [6, 6.07) is 28.6. The zero-order chi connectivity index (χ0) is 109. The zero-order valence-electron chi connectivity index (χ0n) is 95.2. The molecule has 18 rings (SSSR count). The van der Waals surface area contributed by atoms with Gasteiger partial charge in [-0.3, -0.25) is 4.39 Å². The van der Waals surface area contributed by atoms with E-state index >= 15 is 0 Å². The van der Waals surface area contributed by atoms with Crippen LogP contribution in [-0.2, 0) is 23.7 Å². The molecule has 0 amide bonds. The smallest absolute Gasteiger partial charge is 0.338 e. The van der Waals surface area contributed by atoms with E-state index in [0.29, 0.717) is 174 Å². The lowest BCUT2D eigenvalue weighted by Gasteiger charge is -2.67. The minimum absolute atomic E-state index is 0.0706. The number of benzene rings is 5. The number of rotatable bonds is 22. The van der Waals surface area contributed by atoms with Crippen molar-refractivity contribution in [1.82, 2.24) is 0 Å². The molecule has 18 nitrogen and oxygen atoms in total. The summed E-state index contributed by atoms with van der Waals surface area (Å²) < 4.78 is 39.1. The van der Waals surface area contributed by atoms with Gasteiger partial charge in [0.1, 0.15) is 30.5 Å². The average Bonchev–Trinajstić information content (AvgIpc) is 1.61. The number of fused-ring (bicyclic) bond motifs is 15. The van der Waals surface area contributed by atoms with Crippen molar-refractivity contribution in [1.29, 1.82) is 0 Å². The van der Waals surface area contributed by atoms with Gasteiger partial charge in [0, 0.05) is 62.7 Å². The van der Waals surface area contributed by atoms with Gasteiger partial charge in [0.2, 0.25) is 0 Å². The Kier molecular flexibility index (Phi) is 35.3. The van der Waals surface area contributed by atoms with Gasteiger partial charge >= 0.3 is 29.8 Å². The highest BCUT2D eigenvalue weighted by atomic mass is 19.1. The quantitative estimate of drug-likeness (QED) is 0.0138. The zero-order valence-corrected chi connectivity index (χ0v) is 95.2. The molecule has 11 saturated carbocycles. The molecule has 0 saturated heterocycles. The fraction of sp³-hybridized carbons (Fsp3) is 0.638. The van der Waals surface area contributed by atoms with E-state index in [9.17, 15) is 28.4 Å². The van der Waals surface area contributed by atoms with Crippen LogP contribution in [0.5, 0.6) is 0 Å². The van der Waals surface area contributed by atoms with E-state index in [1.54, 1.807) is 103 Å². The first-order valence-corrected chi connectivity index (χ1v) is 57.4. The molecule has 25 unspecified atom stereocenters. The number of halogens is 1. The molecule has 0 spiro atoms. The minimum atomic E-state index is -0.436. The number of alkyl halides is 1. The van der Waals surface area contributed by atoms with Crippen LogP contribution in [0.25, 0.3) is 0 Å². The Morgan fingerprint density at radius 2 is 0.839 bits per heavy atom. The van der Waals surface area contributed by atoms with Crippen molar-refractivity contribution in [2.24, 2.45) is 143 Å². The number of carbonyl (C=O) groups is 5. The molecule has 11 fully saturated rings. The number of allylic oxidation sites excluding steroid dienone is 10. The first kappa shape index (κ1) is 115. The van der Waals surface area contributed by atoms with Crippen molar-refractivity contribution in [2.75, 3.05) is 53.0 Å².